The number of nitrogens with zero attached hydrogens (tertiary/aromatic N) is 1. The van der Waals surface area contributed by atoms with Crippen molar-refractivity contribution >= 4 is 84.8 Å². The van der Waals surface area contributed by atoms with E-state index in [9.17, 15) is 0 Å². The number of thiophene rings is 2. The van der Waals surface area contributed by atoms with Gasteiger partial charge in [0.2, 0.25) is 0 Å². The molecular formula is C36H21NS2. The number of hydrogen-bond donors (Lipinski definition) is 0. The van der Waals surface area contributed by atoms with Crippen molar-refractivity contribution in [3.05, 3.63) is 127 Å². The Morgan fingerprint density at radius 2 is 1.13 bits per heavy atom. The van der Waals surface area contributed by atoms with E-state index in [2.05, 4.69) is 132 Å². The first-order valence-corrected chi connectivity index (χ1v) is 14.8. The van der Waals surface area contributed by atoms with Crippen LogP contribution >= 0.6 is 22.7 Å². The molecule has 0 saturated carbocycles. The highest BCUT2D eigenvalue weighted by Crippen LogP contribution is 2.50. The molecule has 3 heteroatoms. The Kier molecular flexibility index (Phi) is 4.43. The van der Waals surface area contributed by atoms with Crippen LogP contribution in [0.25, 0.3) is 79.0 Å². The van der Waals surface area contributed by atoms with Crippen molar-refractivity contribution in [2.75, 3.05) is 0 Å². The molecule has 0 aliphatic heterocycles. The molecule has 3 heterocycles. The molecule has 0 aliphatic rings. The molecule has 0 spiro atoms. The fraction of sp³-hybridized carbons (Fsp3) is 0. The number of rotatable bonds is 2. The van der Waals surface area contributed by atoms with E-state index in [1.165, 1.54) is 79.0 Å². The Morgan fingerprint density at radius 1 is 0.410 bits per heavy atom. The van der Waals surface area contributed by atoms with Gasteiger partial charge < -0.3 is 4.57 Å². The summed E-state index contributed by atoms with van der Waals surface area (Å²) in [7, 11) is 0. The van der Waals surface area contributed by atoms with E-state index in [0.29, 0.717) is 0 Å². The van der Waals surface area contributed by atoms with Crippen molar-refractivity contribution in [1.29, 1.82) is 0 Å². The maximum Gasteiger partial charge on any atom is 0.0829 e. The molecule has 1 nitrogen and oxygen atoms in total. The van der Waals surface area contributed by atoms with Gasteiger partial charge in [0.15, 0.2) is 0 Å². The van der Waals surface area contributed by atoms with Crippen LogP contribution in [0.2, 0.25) is 0 Å². The van der Waals surface area contributed by atoms with Gasteiger partial charge in [-0.1, -0.05) is 115 Å². The topological polar surface area (TPSA) is 4.93 Å². The predicted molar refractivity (Wildman–Crippen MR) is 172 cm³/mol. The summed E-state index contributed by atoms with van der Waals surface area (Å²) in [6.45, 7) is 0. The van der Waals surface area contributed by atoms with Crippen LogP contribution < -0.4 is 0 Å². The maximum atomic E-state index is 2.57. The van der Waals surface area contributed by atoms with Crippen LogP contribution in [-0.4, -0.2) is 4.57 Å². The molecule has 3 aromatic heterocycles. The zero-order valence-corrected chi connectivity index (χ0v) is 22.5. The third-order valence-corrected chi connectivity index (χ3v) is 10.6. The standard InChI is InChI=1S/C36H21NS2/c1-2-10-22(11-3-1)24-20-21-30(27-15-7-6-14-26(24)27)37-32-25-13-5-4-12-23(25)18-19-29(32)34-33(37)36-35(39-34)28-16-8-9-17-31(28)38-36/h1-21H. The maximum absolute atomic E-state index is 2.57. The molecule has 0 saturated heterocycles. The second-order valence-corrected chi connectivity index (χ2v) is 12.2. The Morgan fingerprint density at radius 3 is 2.00 bits per heavy atom. The van der Waals surface area contributed by atoms with Crippen LogP contribution in [0.3, 0.4) is 0 Å². The highest BCUT2D eigenvalue weighted by atomic mass is 32.1. The summed E-state index contributed by atoms with van der Waals surface area (Å²) in [6, 6.07) is 46.5. The summed E-state index contributed by atoms with van der Waals surface area (Å²) in [5.41, 5.74) is 6.38. The summed E-state index contributed by atoms with van der Waals surface area (Å²) in [5, 5.41) is 7.81. The van der Waals surface area contributed by atoms with Crippen molar-refractivity contribution in [2.24, 2.45) is 0 Å². The van der Waals surface area contributed by atoms with Gasteiger partial charge in [0.25, 0.3) is 0 Å². The van der Waals surface area contributed by atoms with Gasteiger partial charge in [-0.2, -0.15) is 0 Å². The molecule has 0 radical (unpaired) electrons. The number of fused-ring (bicyclic) bond motifs is 10. The summed E-state index contributed by atoms with van der Waals surface area (Å²) in [6.07, 6.45) is 0. The lowest BCUT2D eigenvalue weighted by Gasteiger charge is -2.15. The molecule has 0 unspecified atom stereocenters. The normalized spacial score (nSPS) is 12.1. The third-order valence-electron chi connectivity index (χ3n) is 8.00. The van der Waals surface area contributed by atoms with Gasteiger partial charge in [0.1, 0.15) is 0 Å². The fourth-order valence-corrected chi connectivity index (χ4v) is 9.06. The number of hydrogen-bond acceptors (Lipinski definition) is 2. The zero-order valence-electron chi connectivity index (χ0n) is 20.9. The molecule has 9 aromatic rings. The number of benzene rings is 6. The lowest BCUT2D eigenvalue weighted by molar-refractivity contribution is 1.21. The quantitative estimate of drug-likeness (QED) is 0.209. The van der Waals surface area contributed by atoms with Gasteiger partial charge >= 0.3 is 0 Å². The van der Waals surface area contributed by atoms with E-state index < -0.39 is 0 Å². The molecular weight excluding hydrogens is 511 g/mol. The third kappa shape index (κ3) is 2.94. The highest BCUT2D eigenvalue weighted by molar-refractivity contribution is 7.37. The second kappa shape index (κ2) is 8.03. The molecule has 0 fully saturated rings. The highest BCUT2D eigenvalue weighted by Gasteiger charge is 2.23. The van der Waals surface area contributed by atoms with Crippen molar-refractivity contribution in [2.45, 2.75) is 0 Å². The van der Waals surface area contributed by atoms with Crippen molar-refractivity contribution in [1.82, 2.24) is 4.57 Å². The molecule has 6 aromatic carbocycles. The van der Waals surface area contributed by atoms with Gasteiger partial charge in [-0.15, -0.1) is 22.7 Å². The van der Waals surface area contributed by atoms with Crippen molar-refractivity contribution in [3.8, 4) is 16.8 Å². The average molecular weight is 532 g/mol. The first-order valence-electron chi connectivity index (χ1n) is 13.2. The minimum absolute atomic E-state index is 1.23. The first kappa shape index (κ1) is 21.5. The Labute approximate surface area is 232 Å². The van der Waals surface area contributed by atoms with Crippen LogP contribution in [-0.2, 0) is 0 Å². The molecule has 0 atom stereocenters. The smallest absolute Gasteiger partial charge is 0.0829 e. The largest absolute Gasteiger partial charge is 0.306 e. The lowest BCUT2D eigenvalue weighted by atomic mass is 9.97. The summed E-state index contributed by atoms with van der Waals surface area (Å²) in [4.78, 5) is 0. The summed E-state index contributed by atoms with van der Waals surface area (Å²) in [5.74, 6) is 0. The van der Waals surface area contributed by atoms with Crippen LogP contribution in [0.1, 0.15) is 0 Å². The predicted octanol–water partition coefficient (Wildman–Crippen LogP) is 11.2. The van der Waals surface area contributed by atoms with E-state index in [1.54, 1.807) is 0 Å². The Bertz CT molecular complexity index is 2390. The van der Waals surface area contributed by atoms with Gasteiger partial charge in [-0.3, -0.25) is 0 Å². The number of aromatic nitrogens is 1. The van der Waals surface area contributed by atoms with E-state index >= 15 is 0 Å². The Balaban J connectivity index is 1.50. The molecule has 182 valence electrons. The second-order valence-electron chi connectivity index (χ2n) is 10.1. The van der Waals surface area contributed by atoms with E-state index in [0.717, 1.165) is 0 Å². The van der Waals surface area contributed by atoms with Crippen LogP contribution in [0.15, 0.2) is 127 Å². The summed E-state index contributed by atoms with van der Waals surface area (Å²) >= 11 is 3.87. The summed E-state index contributed by atoms with van der Waals surface area (Å²) < 4.78 is 8.08. The van der Waals surface area contributed by atoms with Gasteiger partial charge in [-0.05, 0) is 34.0 Å². The molecule has 39 heavy (non-hydrogen) atoms. The minimum atomic E-state index is 1.23. The first-order chi connectivity index (χ1) is 19.4. The SMILES string of the molecule is c1ccc(-c2ccc(-n3c4c5ccccc5ccc4c4sc5c6ccccc6sc5c43)c3ccccc23)cc1. The van der Waals surface area contributed by atoms with Gasteiger partial charge in [-0.25, -0.2) is 0 Å². The molecule has 9 rings (SSSR count). The van der Waals surface area contributed by atoms with E-state index in [4.69, 9.17) is 0 Å². The Hall–Kier alpha value is -4.44. The molecule has 0 N–H and O–H groups in total. The zero-order chi connectivity index (χ0) is 25.5. The average Bonchev–Trinajstić information content (AvgIpc) is 3.64. The molecule has 0 aliphatic carbocycles. The van der Waals surface area contributed by atoms with Crippen molar-refractivity contribution in [3.63, 3.8) is 0 Å². The molecule has 0 bridgehead atoms. The van der Waals surface area contributed by atoms with Crippen LogP contribution in [0, 0.1) is 0 Å². The monoisotopic (exact) mass is 531 g/mol. The van der Waals surface area contributed by atoms with E-state index in [1.807, 2.05) is 22.7 Å². The van der Waals surface area contributed by atoms with Crippen molar-refractivity contribution < 1.29 is 0 Å². The fourth-order valence-electron chi connectivity index (χ4n) is 6.30. The van der Waals surface area contributed by atoms with Gasteiger partial charge in [0.05, 0.1) is 30.8 Å². The minimum Gasteiger partial charge on any atom is -0.306 e. The van der Waals surface area contributed by atoms with E-state index in [-0.39, 0.29) is 0 Å². The van der Waals surface area contributed by atoms with Crippen LogP contribution in [0.4, 0.5) is 0 Å². The van der Waals surface area contributed by atoms with Crippen LogP contribution in [0.5, 0.6) is 0 Å². The lowest BCUT2D eigenvalue weighted by Crippen LogP contribution is -1.96. The molecule has 0 amide bonds. The van der Waals surface area contributed by atoms with Gasteiger partial charge in [0, 0.05) is 26.2 Å².